The second-order valence-electron chi connectivity index (χ2n) is 5.99. The molecule has 0 saturated carbocycles. The molecule has 1 aromatic carbocycles. The number of nitrogens with one attached hydrogen (secondary N) is 2. The predicted octanol–water partition coefficient (Wildman–Crippen LogP) is 3.34. The Morgan fingerprint density at radius 2 is 1.89 bits per heavy atom. The van der Waals surface area contributed by atoms with E-state index < -0.39 is 17.8 Å². The summed E-state index contributed by atoms with van der Waals surface area (Å²) in [5.41, 5.74) is -0.738. The highest BCUT2D eigenvalue weighted by molar-refractivity contribution is 14.0. The summed E-state index contributed by atoms with van der Waals surface area (Å²) in [7, 11) is 0. The summed E-state index contributed by atoms with van der Waals surface area (Å²) in [6.07, 6.45) is 0.835. The highest BCUT2D eigenvalue weighted by Gasteiger charge is 2.30. The van der Waals surface area contributed by atoms with E-state index in [-0.39, 0.29) is 42.9 Å². The number of rotatable bonds is 7. The minimum absolute atomic E-state index is 0. The van der Waals surface area contributed by atoms with Crippen molar-refractivity contribution >= 4 is 29.9 Å². The molecule has 27 heavy (non-hydrogen) atoms. The number of alkyl halides is 3. The fourth-order valence-electron chi connectivity index (χ4n) is 2.43. The van der Waals surface area contributed by atoms with E-state index in [1.54, 1.807) is 0 Å². The van der Waals surface area contributed by atoms with Crippen molar-refractivity contribution in [1.29, 1.82) is 0 Å². The van der Waals surface area contributed by atoms with Crippen LogP contribution in [0.4, 0.5) is 13.2 Å². The van der Waals surface area contributed by atoms with E-state index in [2.05, 4.69) is 27.8 Å². The van der Waals surface area contributed by atoms with Gasteiger partial charge in [0.1, 0.15) is 18.5 Å². The number of guanidine groups is 1. The SMILES string of the molecule is CCNC(=NCC(O)COc1ccc(C(F)(F)F)cc1)NC1CC=CC1.I. The van der Waals surface area contributed by atoms with Crippen LogP contribution in [0, 0.1) is 0 Å². The molecule has 0 saturated heterocycles. The molecule has 0 bridgehead atoms. The molecular weight excluding hydrogens is 474 g/mol. The molecule has 0 heterocycles. The average molecular weight is 499 g/mol. The Kier molecular flexibility index (Phi) is 9.92. The monoisotopic (exact) mass is 499 g/mol. The van der Waals surface area contributed by atoms with Crippen LogP contribution < -0.4 is 15.4 Å². The molecule has 5 nitrogen and oxygen atoms in total. The van der Waals surface area contributed by atoms with Gasteiger partial charge in [0.25, 0.3) is 0 Å². The lowest BCUT2D eigenvalue weighted by Gasteiger charge is -2.17. The molecule has 0 aromatic heterocycles. The summed E-state index contributed by atoms with van der Waals surface area (Å²) in [4.78, 5) is 4.32. The van der Waals surface area contributed by atoms with Gasteiger partial charge in [-0.25, -0.2) is 0 Å². The molecule has 1 aliphatic carbocycles. The third kappa shape index (κ3) is 8.37. The van der Waals surface area contributed by atoms with Gasteiger partial charge in [-0.15, -0.1) is 24.0 Å². The third-order valence-electron chi connectivity index (χ3n) is 3.78. The van der Waals surface area contributed by atoms with Crippen molar-refractivity contribution in [3.05, 3.63) is 42.0 Å². The molecule has 0 amide bonds. The van der Waals surface area contributed by atoms with Crippen LogP contribution >= 0.6 is 24.0 Å². The van der Waals surface area contributed by atoms with Crippen LogP contribution in [0.15, 0.2) is 41.4 Å². The van der Waals surface area contributed by atoms with E-state index in [0.717, 1.165) is 25.0 Å². The van der Waals surface area contributed by atoms with Crippen molar-refractivity contribution in [2.45, 2.75) is 38.1 Å². The number of benzene rings is 1. The van der Waals surface area contributed by atoms with E-state index >= 15 is 0 Å². The molecule has 1 aliphatic rings. The zero-order valence-electron chi connectivity index (χ0n) is 15.0. The number of hydrogen-bond acceptors (Lipinski definition) is 3. The summed E-state index contributed by atoms with van der Waals surface area (Å²) >= 11 is 0. The van der Waals surface area contributed by atoms with E-state index in [4.69, 9.17) is 4.74 Å². The molecule has 152 valence electrons. The summed E-state index contributed by atoms with van der Waals surface area (Å²) in [5, 5.41) is 16.4. The molecule has 0 radical (unpaired) electrons. The largest absolute Gasteiger partial charge is 0.491 e. The van der Waals surface area contributed by atoms with E-state index in [1.165, 1.54) is 12.1 Å². The first-order valence-electron chi connectivity index (χ1n) is 8.56. The van der Waals surface area contributed by atoms with Crippen molar-refractivity contribution in [3.8, 4) is 5.75 Å². The lowest BCUT2D eigenvalue weighted by atomic mass is 10.2. The van der Waals surface area contributed by atoms with Gasteiger partial charge in [-0.3, -0.25) is 4.99 Å². The lowest BCUT2D eigenvalue weighted by Crippen LogP contribution is -2.43. The second-order valence-corrected chi connectivity index (χ2v) is 5.99. The number of aliphatic hydroxyl groups excluding tert-OH is 1. The number of halogens is 4. The van der Waals surface area contributed by atoms with Crippen molar-refractivity contribution in [2.24, 2.45) is 4.99 Å². The fraction of sp³-hybridized carbons (Fsp3) is 0.500. The molecule has 2 rings (SSSR count). The van der Waals surface area contributed by atoms with Crippen molar-refractivity contribution < 1.29 is 23.0 Å². The van der Waals surface area contributed by atoms with Gasteiger partial charge in [-0.1, -0.05) is 12.2 Å². The van der Waals surface area contributed by atoms with Gasteiger partial charge < -0.3 is 20.5 Å². The first-order valence-corrected chi connectivity index (χ1v) is 8.56. The van der Waals surface area contributed by atoms with Gasteiger partial charge in [0.15, 0.2) is 5.96 Å². The average Bonchev–Trinajstić information content (AvgIpc) is 3.10. The Hall–Kier alpha value is -1.49. The maximum absolute atomic E-state index is 12.5. The Morgan fingerprint density at radius 1 is 1.26 bits per heavy atom. The summed E-state index contributed by atoms with van der Waals surface area (Å²) < 4.78 is 42.8. The summed E-state index contributed by atoms with van der Waals surface area (Å²) in [6.45, 7) is 2.72. The van der Waals surface area contributed by atoms with Gasteiger partial charge in [0, 0.05) is 12.6 Å². The Morgan fingerprint density at radius 3 is 2.44 bits per heavy atom. The van der Waals surface area contributed by atoms with Crippen molar-refractivity contribution in [1.82, 2.24) is 10.6 Å². The van der Waals surface area contributed by atoms with Crippen LogP contribution in [0.2, 0.25) is 0 Å². The van der Waals surface area contributed by atoms with Gasteiger partial charge in [-0.2, -0.15) is 13.2 Å². The van der Waals surface area contributed by atoms with Crippen LogP contribution in [0.25, 0.3) is 0 Å². The summed E-state index contributed by atoms with van der Waals surface area (Å²) in [5.74, 6) is 0.887. The Labute approximate surface area is 174 Å². The highest BCUT2D eigenvalue weighted by Crippen LogP contribution is 2.30. The maximum Gasteiger partial charge on any atom is 0.416 e. The van der Waals surface area contributed by atoms with E-state index in [0.29, 0.717) is 18.5 Å². The zero-order chi connectivity index (χ0) is 19.0. The normalized spacial score (nSPS) is 16.0. The molecular formula is C18H25F3IN3O2. The second kappa shape index (κ2) is 11.4. The van der Waals surface area contributed by atoms with Gasteiger partial charge in [0.2, 0.25) is 0 Å². The van der Waals surface area contributed by atoms with Crippen LogP contribution in [0.1, 0.15) is 25.3 Å². The standard InChI is InChI=1S/C18H24F3N3O2.HI/c1-2-22-17(24-14-5-3-4-6-14)23-11-15(25)12-26-16-9-7-13(8-10-16)18(19,20)21;/h3-4,7-10,14-15,25H,2,5-6,11-12H2,1H3,(H2,22,23,24);1H. The predicted molar refractivity (Wildman–Crippen MR) is 110 cm³/mol. The maximum atomic E-state index is 12.5. The first-order chi connectivity index (χ1) is 12.4. The fourth-order valence-corrected chi connectivity index (χ4v) is 2.43. The quantitative estimate of drug-likeness (QED) is 0.233. The molecule has 0 aliphatic heterocycles. The van der Waals surface area contributed by atoms with Crippen LogP contribution in [0.3, 0.4) is 0 Å². The topological polar surface area (TPSA) is 65.9 Å². The smallest absolute Gasteiger partial charge is 0.416 e. The number of hydrogen-bond donors (Lipinski definition) is 3. The number of ether oxygens (including phenoxy) is 1. The highest BCUT2D eigenvalue weighted by atomic mass is 127. The Balaban J connectivity index is 0.00000364. The minimum atomic E-state index is -4.38. The summed E-state index contributed by atoms with van der Waals surface area (Å²) in [6, 6.07) is 4.66. The first kappa shape index (κ1) is 23.5. The third-order valence-corrected chi connectivity index (χ3v) is 3.78. The van der Waals surface area contributed by atoms with Gasteiger partial charge in [0.05, 0.1) is 12.1 Å². The van der Waals surface area contributed by atoms with Crippen LogP contribution in [-0.4, -0.2) is 42.9 Å². The van der Waals surface area contributed by atoms with Gasteiger partial charge in [-0.05, 0) is 44.0 Å². The molecule has 1 atom stereocenters. The van der Waals surface area contributed by atoms with Crippen LogP contribution in [0.5, 0.6) is 5.75 Å². The number of nitrogens with zero attached hydrogens (tertiary/aromatic N) is 1. The molecule has 0 spiro atoms. The minimum Gasteiger partial charge on any atom is -0.491 e. The molecule has 1 unspecified atom stereocenters. The number of aliphatic hydroxyl groups is 1. The lowest BCUT2D eigenvalue weighted by molar-refractivity contribution is -0.137. The zero-order valence-corrected chi connectivity index (χ0v) is 17.3. The van der Waals surface area contributed by atoms with Crippen molar-refractivity contribution in [3.63, 3.8) is 0 Å². The molecule has 9 heteroatoms. The van der Waals surface area contributed by atoms with E-state index in [9.17, 15) is 18.3 Å². The molecule has 3 N–H and O–H groups in total. The molecule has 1 aromatic rings. The van der Waals surface area contributed by atoms with Crippen molar-refractivity contribution in [2.75, 3.05) is 19.7 Å². The number of aliphatic imine (C=N–C) groups is 1. The molecule has 0 fully saturated rings. The van der Waals surface area contributed by atoms with E-state index in [1.807, 2.05) is 6.92 Å². The van der Waals surface area contributed by atoms with Crippen LogP contribution in [-0.2, 0) is 6.18 Å². The van der Waals surface area contributed by atoms with Gasteiger partial charge >= 0.3 is 6.18 Å². The Bertz CT molecular complexity index is 613.